The van der Waals surface area contributed by atoms with Crippen molar-refractivity contribution in [2.75, 3.05) is 12.4 Å². The van der Waals surface area contributed by atoms with Crippen molar-refractivity contribution in [2.24, 2.45) is 0 Å². The summed E-state index contributed by atoms with van der Waals surface area (Å²) in [6.07, 6.45) is 0.909. The van der Waals surface area contributed by atoms with Gasteiger partial charge in [0.05, 0.1) is 0 Å². The molecule has 0 aliphatic carbocycles. The molecule has 0 amide bonds. The number of nitrogens with one attached hydrogen (secondary N) is 1. The van der Waals surface area contributed by atoms with Crippen LogP contribution in [0.4, 0.5) is 5.69 Å². The highest BCUT2D eigenvalue weighted by atomic mass is 16.1. The lowest BCUT2D eigenvalue weighted by molar-refractivity contribution is 0.103. The van der Waals surface area contributed by atoms with Crippen LogP contribution in [0.25, 0.3) is 0 Å². The lowest BCUT2D eigenvalue weighted by atomic mass is 9.98. The molecule has 0 spiro atoms. The zero-order valence-corrected chi connectivity index (χ0v) is 10.7. The molecule has 0 saturated heterocycles. The fourth-order valence-corrected chi connectivity index (χ4v) is 2.12. The van der Waals surface area contributed by atoms with E-state index in [1.807, 2.05) is 55.6 Å². The van der Waals surface area contributed by atoms with Crippen LogP contribution in [0.2, 0.25) is 0 Å². The van der Waals surface area contributed by atoms with Crippen LogP contribution in [-0.4, -0.2) is 12.8 Å². The average Bonchev–Trinajstić information content (AvgIpc) is 2.46. The van der Waals surface area contributed by atoms with Gasteiger partial charge in [-0.15, -0.1) is 0 Å². The first-order valence-corrected chi connectivity index (χ1v) is 6.17. The number of aryl methyl sites for hydroxylation is 1. The minimum absolute atomic E-state index is 0.0650. The predicted molar refractivity (Wildman–Crippen MR) is 75.2 cm³/mol. The van der Waals surface area contributed by atoms with Crippen LogP contribution in [0.1, 0.15) is 28.4 Å². The van der Waals surface area contributed by atoms with Gasteiger partial charge in [0, 0.05) is 23.9 Å². The quantitative estimate of drug-likeness (QED) is 0.827. The summed E-state index contributed by atoms with van der Waals surface area (Å²) in [5.41, 5.74) is 3.57. The predicted octanol–water partition coefficient (Wildman–Crippen LogP) is 3.52. The second-order valence-electron chi connectivity index (χ2n) is 4.14. The molecule has 2 aromatic rings. The van der Waals surface area contributed by atoms with Crippen LogP contribution in [0.5, 0.6) is 0 Å². The first kappa shape index (κ1) is 12.4. The average molecular weight is 239 g/mol. The molecule has 0 aliphatic heterocycles. The summed E-state index contributed by atoms with van der Waals surface area (Å²) >= 11 is 0. The Morgan fingerprint density at radius 3 is 2.39 bits per heavy atom. The van der Waals surface area contributed by atoms with Crippen LogP contribution >= 0.6 is 0 Å². The number of benzene rings is 2. The van der Waals surface area contributed by atoms with E-state index in [2.05, 4.69) is 12.2 Å². The number of hydrogen-bond acceptors (Lipinski definition) is 2. The number of hydrogen-bond donors (Lipinski definition) is 1. The second kappa shape index (κ2) is 5.50. The molecule has 0 aromatic heterocycles. The van der Waals surface area contributed by atoms with E-state index in [-0.39, 0.29) is 5.78 Å². The molecule has 2 nitrogen and oxygen atoms in total. The van der Waals surface area contributed by atoms with Crippen LogP contribution in [-0.2, 0) is 6.42 Å². The van der Waals surface area contributed by atoms with Gasteiger partial charge in [-0.1, -0.05) is 49.4 Å². The van der Waals surface area contributed by atoms with Gasteiger partial charge in [-0.3, -0.25) is 4.79 Å². The van der Waals surface area contributed by atoms with E-state index in [9.17, 15) is 4.79 Å². The van der Waals surface area contributed by atoms with Crippen molar-refractivity contribution >= 4 is 11.5 Å². The molecule has 92 valence electrons. The smallest absolute Gasteiger partial charge is 0.195 e. The van der Waals surface area contributed by atoms with Crippen molar-refractivity contribution in [1.82, 2.24) is 0 Å². The van der Waals surface area contributed by atoms with Crippen LogP contribution in [0.15, 0.2) is 48.5 Å². The van der Waals surface area contributed by atoms with Gasteiger partial charge >= 0.3 is 0 Å². The SMILES string of the molecule is CCc1cccc(C(=O)c2ccccc2)c1NC. The zero-order chi connectivity index (χ0) is 13.0. The number of ketones is 1. The molecule has 2 aromatic carbocycles. The van der Waals surface area contributed by atoms with E-state index in [0.29, 0.717) is 0 Å². The van der Waals surface area contributed by atoms with Crippen molar-refractivity contribution in [3.05, 3.63) is 65.2 Å². The molecule has 0 bridgehead atoms. The zero-order valence-electron chi connectivity index (χ0n) is 10.7. The first-order chi connectivity index (χ1) is 8.77. The molecule has 2 rings (SSSR count). The Balaban J connectivity index is 2.48. The molecule has 18 heavy (non-hydrogen) atoms. The maximum Gasteiger partial charge on any atom is 0.195 e. The molecule has 0 saturated carbocycles. The largest absolute Gasteiger partial charge is 0.387 e. The van der Waals surface area contributed by atoms with Crippen LogP contribution < -0.4 is 5.32 Å². The van der Waals surface area contributed by atoms with Crippen molar-refractivity contribution in [3.63, 3.8) is 0 Å². The lowest BCUT2D eigenvalue weighted by Gasteiger charge is -2.12. The van der Waals surface area contributed by atoms with E-state index < -0.39 is 0 Å². The van der Waals surface area contributed by atoms with Crippen LogP contribution in [0.3, 0.4) is 0 Å². The molecule has 0 aliphatic rings. The highest BCUT2D eigenvalue weighted by molar-refractivity contribution is 6.12. The summed E-state index contributed by atoms with van der Waals surface area (Å²) in [5, 5.41) is 3.14. The topological polar surface area (TPSA) is 29.1 Å². The van der Waals surface area contributed by atoms with E-state index in [0.717, 1.165) is 23.2 Å². The number of para-hydroxylation sites is 1. The molecule has 0 heterocycles. The maximum atomic E-state index is 12.5. The Morgan fingerprint density at radius 2 is 1.78 bits per heavy atom. The van der Waals surface area contributed by atoms with Crippen molar-refractivity contribution < 1.29 is 4.79 Å². The fraction of sp³-hybridized carbons (Fsp3) is 0.188. The first-order valence-electron chi connectivity index (χ1n) is 6.17. The highest BCUT2D eigenvalue weighted by Crippen LogP contribution is 2.23. The van der Waals surface area contributed by atoms with Crippen molar-refractivity contribution in [1.29, 1.82) is 0 Å². The third-order valence-corrected chi connectivity index (χ3v) is 3.06. The lowest BCUT2D eigenvalue weighted by Crippen LogP contribution is -2.07. The van der Waals surface area contributed by atoms with Gasteiger partial charge in [-0.2, -0.15) is 0 Å². The van der Waals surface area contributed by atoms with Crippen LogP contribution in [0, 0.1) is 0 Å². The Morgan fingerprint density at radius 1 is 1.06 bits per heavy atom. The molecule has 0 fully saturated rings. The summed E-state index contributed by atoms with van der Waals surface area (Å²) in [5.74, 6) is 0.0650. The highest BCUT2D eigenvalue weighted by Gasteiger charge is 2.14. The summed E-state index contributed by atoms with van der Waals surface area (Å²) in [6, 6.07) is 15.2. The third-order valence-electron chi connectivity index (χ3n) is 3.06. The molecule has 0 atom stereocenters. The van der Waals surface area contributed by atoms with Gasteiger partial charge in [0.25, 0.3) is 0 Å². The summed E-state index contributed by atoms with van der Waals surface area (Å²) in [4.78, 5) is 12.5. The molecule has 0 unspecified atom stereocenters. The van der Waals surface area contributed by atoms with Gasteiger partial charge < -0.3 is 5.32 Å². The number of carbonyl (C=O) groups excluding carboxylic acids is 1. The molecular weight excluding hydrogens is 222 g/mol. The van der Waals surface area contributed by atoms with Gasteiger partial charge in [0.2, 0.25) is 0 Å². The Bertz CT molecular complexity index is 546. The molecule has 0 radical (unpaired) electrons. The summed E-state index contributed by atoms with van der Waals surface area (Å²) in [6.45, 7) is 2.09. The minimum Gasteiger partial charge on any atom is -0.387 e. The number of rotatable bonds is 4. The summed E-state index contributed by atoms with van der Waals surface area (Å²) in [7, 11) is 1.86. The van der Waals surface area contributed by atoms with Crippen molar-refractivity contribution in [2.45, 2.75) is 13.3 Å². The van der Waals surface area contributed by atoms with E-state index in [4.69, 9.17) is 0 Å². The monoisotopic (exact) mass is 239 g/mol. The maximum absolute atomic E-state index is 12.5. The number of carbonyl (C=O) groups is 1. The molecular formula is C16H17NO. The minimum atomic E-state index is 0.0650. The van der Waals surface area contributed by atoms with Gasteiger partial charge in [-0.25, -0.2) is 0 Å². The Kier molecular flexibility index (Phi) is 3.78. The standard InChI is InChI=1S/C16H17NO/c1-3-12-10-7-11-14(15(12)17-2)16(18)13-8-5-4-6-9-13/h4-11,17H,3H2,1-2H3. The second-order valence-corrected chi connectivity index (χ2v) is 4.14. The molecule has 2 heteroatoms. The third kappa shape index (κ3) is 2.28. The van der Waals surface area contributed by atoms with Gasteiger partial charge in [0.15, 0.2) is 5.78 Å². The van der Waals surface area contributed by atoms with Gasteiger partial charge in [-0.05, 0) is 18.1 Å². The Hall–Kier alpha value is -2.09. The summed E-state index contributed by atoms with van der Waals surface area (Å²) < 4.78 is 0. The van der Waals surface area contributed by atoms with Crippen molar-refractivity contribution in [3.8, 4) is 0 Å². The van der Waals surface area contributed by atoms with E-state index in [1.165, 1.54) is 5.56 Å². The molecule has 1 N–H and O–H groups in total. The van der Waals surface area contributed by atoms with E-state index in [1.54, 1.807) is 0 Å². The normalized spacial score (nSPS) is 10.1. The van der Waals surface area contributed by atoms with E-state index >= 15 is 0 Å². The fourth-order valence-electron chi connectivity index (χ4n) is 2.12. The number of anilines is 1. The Labute approximate surface area is 108 Å². The van der Waals surface area contributed by atoms with Gasteiger partial charge in [0.1, 0.15) is 0 Å².